The molecule has 0 radical (unpaired) electrons. The number of rotatable bonds is 11. The lowest BCUT2D eigenvalue weighted by Crippen LogP contribution is -2.52. The zero-order chi connectivity index (χ0) is 30.4. The molecule has 42 heavy (non-hydrogen) atoms. The second kappa shape index (κ2) is 13.7. The number of hydrogen-bond acceptors (Lipinski definition) is 6. The van der Waals surface area contributed by atoms with Gasteiger partial charge in [0, 0.05) is 28.7 Å². The number of anilines is 1. The van der Waals surface area contributed by atoms with Crippen LogP contribution in [0.4, 0.5) is 5.69 Å². The molecule has 224 valence electrons. The van der Waals surface area contributed by atoms with Gasteiger partial charge in [-0.15, -0.1) is 0 Å². The van der Waals surface area contributed by atoms with E-state index < -0.39 is 28.5 Å². The maximum Gasteiger partial charge on any atom is 0.264 e. The van der Waals surface area contributed by atoms with Gasteiger partial charge in [0.25, 0.3) is 10.0 Å². The highest BCUT2D eigenvalue weighted by Crippen LogP contribution is 2.36. The van der Waals surface area contributed by atoms with Crippen molar-refractivity contribution in [1.29, 1.82) is 0 Å². The topological polar surface area (TPSA) is 105 Å². The summed E-state index contributed by atoms with van der Waals surface area (Å²) in [6, 6.07) is 16.3. The Kier molecular flexibility index (Phi) is 10.2. The molecule has 0 fully saturated rings. The number of carbonyl (C=O) groups excluding carboxylic acids is 2. The molecule has 0 saturated heterocycles. The fourth-order valence-corrected chi connectivity index (χ4v) is 6.21. The van der Waals surface area contributed by atoms with Gasteiger partial charge in [-0.25, -0.2) is 8.42 Å². The highest BCUT2D eigenvalue weighted by atomic mass is 35.5. The van der Waals surface area contributed by atoms with E-state index in [-0.39, 0.29) is 29.1 Å². The maximum atomic E-state index is 14.1. The SMILES string of the molecule is CCC(C)NC(=O)C(C)N(Cc1ccc(Cl)cc1Cl)C(=O)CN(c1ccc2c(c1)OCCO2)S(=O)(=O)c1ccccc1. The minimum Gasteiger partial charge on any atom is -0.486 e. The van der Waals surface area contributed by atoms with Crippen molar-refractivity contribution in [2.45, 2.75) is 50.7 Å². The van der Waals surface area contributed by atoms with E-state index in [0.29, 0.717) is 46.7 Å². The van der Waals surface area contributed by atoms with Gasteiger partial charge in [0.1, 0.15) is 25.8 Å². The molecule has 0 bridgehead atoms. The minimum atomic E-state index is -4.22. The Morgan fingerprint density at radius 1 is 0.952 bits per heavy atom. The second-order valence-corrected chi connectivity index (χ2v) is 12.6. The van der Waals surface area contributed by atoms with Gasteiger partial charge in [0.2, 0.25) is 11.8 Å². The molecular formula is C30H33Cl2N3O6S. The van der Waals surface area contributed by atoms with Gasteiger partial charge >= 0.3 is 0 Å². The van der Waals surface area contributed by atoms with E-state index in [9.17, 15) is 18.0 Å². The average Bonchev–Trinajstić information content (AvgIpc) is 2.99. The number of ether oxygens (including phenoxy) is 2. The van der Waals surface area contributed by atoms with Crippen molar-refractivity contribution in [3.63, 3.8) is 0 Å². The molecular weight excluding hydrogens is 601 g/mol. The number of nitrogens with one attached hydrogen (secondary N) is 1. The van der Waals surface area contributed by atoms with Crippen molar-refractivity contribution in [2.75, 3.05) is 24.1 Å². The Labute approximate surface area is 256 Å². The molecule has 2 amide bonds. The Hall–Kier alpha value is -3.47. The molecule has 2 atom stereocenters. The van der Waals surface area contributed by atoms with Gasteiger partial charge in [-0.3, -0.25) is 13.9 Å². The highest BCUT2D eigenvalue weighted by molar-refractivity contribution is 7.92. The molecule has 0 saturated carbocycles. The molecule has 3 aromatic carbocycles. The van der Waals surface area contributed by atoms with Crippen LogP contribution in [0.1, 0.15) is 32.8 Å². The second-order valence-electron chi connectivity index (χ2n) is 9.90. The molecule has 2 unspecified atom stereocenters. The fraction of sp³-hybridized carbons (Fsp3) is 0.333. The van der Waals surface area contributed by atoms with Gasteiger partial charge in [-0.2, -0.15) is 0 Å². The van der Waals surface area contributed by atoms with Crippen molar-refractivity contribution in [3.8, 4) is 11.5 Å². The molecule has 1 aliphatic rings. The number of hydrogen-bond donors (Lipinski definition) is 1. The number of nitrogens with zero attached hydrogens (tertiary/aromatic N) is 2. The Morgan fingerprint density at radius 3 is 2.31 bits per heavy atom. The van der Waals surface area contributed by atoms with E-state index in [1.165, 1.54) is 23.1 Å². The lowest BCUT2D eigenvalue weighted by molar-refractivity contribution is -0.139. The first-order chi connectivity index (χ1) is 20.0. The smallest absolute Gasteiger partial charge is 0.264 e. The van der Waals surface area contributed by atoms with Gasteiger partial charge in [0.05, 0.1) is 10.6 Å². The van der Waals surface area contributed by atoms with E-state index in [2.05, 4.69) is 5.32 Å². The monoisotopic (exact) mass is 633 g/mol. The molecule has 3 aromatic rings. The third kappa shape index (κ3) is 7.29. The molecule has 0 aromatic heterocycles. The molecule has 9 nitrogen and oxygen atoms in total. The summed E-state index contributed by atoms with van der Waals surface area (Å²) in [4.78, 5) is 28.6. The van der Waals surface area contributed by atoms with Gasteiger partial charge in [-0.1, -0.05) is 54.4 Å². The summed E-state index contributed by atoms with van der Waals surface area (Å²) >= 11 is 12.5. The van der Waals surface area contributed by atoms with E-state index in [0.717, 1.165) is 4.31 Å². The first-order valence-electron chi connectivity index (χ1n) is 13.5. The number of sulfonamides is 1. The number of fused-ring (bicyclic) bond motifs is 1. The molecule has 1 heterocycles. The minimum absolute atomic E-state index is 0.00236. The lowest BCUT2D eigenvalue weighted by Gasteiger charge is -2.33. The van der Waals surface area contributed by atoms with Crippen molar-refractivity contribution in [2.24, 2.45) is 0 Å². The summed E-state index contributed by atoms with van der Waals surface area (Å²) in [6.45, 7) is 5.43. The molecule has 4 rings (SSSR count). The van der Waals surface area contributed by atoms with Crippen LogP contribution in [0.15, 0.2) is 71.6 Å². The molecule has 12 heteroatoms. The van der Waals surface area contributed by atoms with E-state index >= 15 is 0 Å². The van der Waals surface area contributed by atoms with E-state index in [1.807, 2.05) is 13.8 Å². The van der Waals surface area contributed by atoms with Crippen LogP contribution in [0.3, 0.4) is 0 Å². The first kappa shape index (κ1) is 31.5. The molecule has 1 N–H and O–H groups in total. The third-order valence-electron chi connectivity index (χ3n) is 6.95. The Balaban J connectivity index is 1.74. The van der Waals surface area contributed by atoms with E-state index in [1.54, 1.807) is 55.5 Å². The van der Waals surface area contributed by atoms with Crippen LogP contribution >= 0.6 is 23.2 Å². The normalized spacial score (nSPS) is 14.0. The lowest BCUT2D eigenvalue weighted by atomic mass is 10.1. The predicted octanol–water partition coefficient (Wildman–Crippen LogP) is 5.29. The summed E-state index contributed by atoms with van der Waals surface area (Å²) < 4.78 is 40.2. The Morgan fingerprint density at radius 2 is 1.64 bits per heavy atom. The standard InChI is InChI=1S/C30H33Cl2N3O6S/c1-4-20(2)33-30(37)21(3)34(18-22-10-11-23(31)16-26(22)32)29(36)19-35(42(38,39)25-8-6-5-7-9-25)24-12-13-27-28(17-24)41-15-14-40-27/h5-13,16-17,20-21H,4,14-15,18-19H2,1-3H3,(H,33,37). The summed E-state index contributed by atoms with van der Waals surface area (Å²) in [5.41, 5.74) is 0.757. The molecule has 1 aliphatic heterocycles. The van der Waals surface area contributed by atoms with Crippen molar-refractivity contribution in [1.82, 2.24) is 10.2 Å². The van der Waals surface area contributed by atoms with Crippen LogP contribution in [0, 0.1) is 0 Å². The summed E-state index contributed by atoms with van der Waals surface area (Å²) in [5.74, 6) is -0.143. The van der Waals surface area contributed by atoms with Crippen molar-refractivity contribution in [3.05, 3.63) is 82.3 Å². The zero-order valence-electron chi connectivity index (χ0n) is 23.5. The van der Waals surface area contributed by atoms with Gasteiger partial charge in [0.15, 0.2) is 11.5 Å². The van der Waals surface area contributed by atoms with Gasteiger partial charge in [-0.05, 0) is 62.2 Å². The van der Waals surface area contributed by atoms with Crippen LogP contribution in [-0.2, 0) is 26.2 Å². The third-order valence-corrected chi connectivity index (χ3v) is 9.32. The molecule has 0 spiro atoms. The van der Waals surface area contributed by atoms with Gasteiger partial charge < -0.3 is 19.7 Å². The van der Waals surface area contributed by atoms with Crippen LogP contribution in [0.25, 0.3) is 0 Å². The zero-order valence-corrected chi connectivity index (χ0v) is 25.9. The van der Waals surface area contributed by atoms with E-state index in [4.69, 9.17) is 32.7 Å². The Bertz CT molecular complexity index is 1540. The quantitative estimate of drug-likeness (QED) is 0.308. The van der Waals surface area contributed by atoms with Crippen LogP contribution in [-0.4, -0.2) is 57.0 Å². The summed E-state index contributed by atoms with van der Waals surface area (Å²) in [7, 11) is -4.22. The summed E-state index contributed by atoms with van der Waals surface area (Å²) in [6.07, 6.45) is 0.697. The maximum absolute atomic E-state index is 14.1. The summed E-state index contributed by atoms with van der Waals surface area (Å²) in [5, 5.41) is 3.63. The number of halogens is 2. The van der Waals surface area contributed by atoms with Crippen molar-refractivity contribution >= 4 is 50.7 Å². The number of amides is 2. The first-order valence-corrected chi connectivity index (χ1v) is 15.7. The molecule has 0 aliphatic carbocycles. The number of carbonyl (C=O) groups is 2. The predicted molar refractivity (Wildman–Crippen MR) is 163 cm³/mol. The number of benzene rings is 3. The fourth-order valence-electron chi connectivity index (χ4n) is 4.32. The average molecular weight is 635 g/mol. The van der Waals surface area contributed by atoms with Crippen LogP contribution in [0.2, 0.25) is 10.0 Å². The van der Waals surface area contributed by atoms with Crippen LogP contribution in [0.5, 0.6) is 11.5 Å². The largest absolute Gasteiger partial charge is 0.486 e. The van der Waals surface area contributed by atoms with Crippen LogP contribution < -0.4 is 19.1 Å². The van der Waals surface area contributed by atoms with Crippen molar-refractivity contribution < 1.29 is 27.5 Å². The highest BCUT2D eigenvalue weighted by Gasteiger charge is 2.33.